The van der Waals surface area contributed by atoms with Crippen molar-refractivity contribution >= 4 is 0 Å². The Morgan fingerprint density at radius 2 is 1.60 bits per heavy atom. The quantitative estimate of drug-likeness (QED) is 0.811. The largest absolute Gasteiger partial charge is 0.327 e. The Morgan fingerprint density at radius 3 is 2.10 bits per heavy atom. The van der Waals surface area contributed by atoms with Crippen molar-refractivity contribution in [2.75, 3.05) is 0 Å². The lowest BCUT2D eigenvalue weighted by Gasteiger charge is -2.44. The van der Waals surface area contributed by atoms with E-state index >= 15 is 0 Å². The first-order chi connectivity index (χ1) is 9.64. The molecule has 2 rings (SSSR count). The minimum absolute atomic E-state index is 0.159. The van der Waals surface area contributed by atoms with E-state index in [1.54, 1.807) is 0 Å². The summed E-state index contributed by atoms with van der Waals surface area (Å²) in [5.74, 6) is 1.60. The second-order valence-electron chi connectivity index (χ2n) is 6.78. The molecule has 0 aliphatic heterocycles. The van der Waals surface area contributed by atoms with Crippen molar-refractivity contribution in [3.63, 3.8) is 0 Å². The Balaban J connectivity index is 2.23. The van der Waals surface area contributed by atoms with E-state index in [0.29, 0.717) is 12.0 Å². The average Bonchev–Trinajstić information content (AvgIpc) is 2.51. The molecule has 1 nitrogen and oxygen atoms in total. The molecule has 20 heavy (non-hydrogen) atoms. The molecule has 0 saturated heterocycles. The maximum absolute atomic E-state index is 6.83. The number of nitrogens with two attached hydrogens (primary N) is 1. The molecule has 0 aromatic heterocycles. The van der Waals surface area contributed by atoms with Gasteiger partial charge in [-0.25, -0.2) is 0 Å². The van der Waals surface area contributed by atoms with E-state index in [2.05, 4.69) is 51.1 Å². The van der Waals surface area contributed by atoms with E-state index in [-0.39, 0.29) is 5.41 Å². The molecular formula is C19H31N. The topological polar surface area (TPSA) is 26.0 Å². The number of hydrogen-bond acceptors (Lipinski definition) is 1. The van der Waals surface area contributed by atoms with Gasteiger partial charge in [-0.1, -0.05) is 63.9 Å². The van der Waals surface area contributed by atoms with E-state index in [1.165, 1.54) is 31.2 Å². The summed E-state index contributed by atoms with van der Waals surface area (Å²) in [5, 5.41) is 0. The van der Waals surface area contributed by atoms with Crippen LogP contribution >= 0.6 is 0 Å². The van der Waals surface area contributed by atoms with Crippen LogP contribution in [0.2, 0.25) is 0 Å². The molecule has 1 saturated carbocycles. The van der Waals surface area contributed by atoms with E-state index in [0.717, 1.165) is 18.8 Å². The predicted molar refractivity (Wildman–Crippen MR) is 87.8 cm³/mol. The summed E-state index contributed by atoms with van der Waals surface area (Å²) in [4.78, 5) is 0. The molecule has 2 N–H and O–H groups in total. The summed E-state index contributed by atoms with van der Waals surface area (Å²) >= 11 is 0. The van der Waals surface area contributed by atoms with E-state index < -0.39 is 0 Å². The standard InChI is InChI=1S/C19H31N/c1-4-19(5-2,17-9-7-6-8-10-17)18(20)16-13-11-15(3)12-14-16/h6-10,15-16,18H,4-5,11-14,20H2,1-3H3. The molecule has 1 unspecified atom stereocenters. The lowest BCUT2D eigenvalue weighted by molar-refractivity contribution is 0.179. The predicted octanol–water partition coefficient (Wildman–Crippen LogP) is 4.90. The maximum Gasteiger partial charge on any atom is 0.0165 e. The third kappa shape index (κ3) is 2.93. The Hall–Kier alpha value is -0.820. The van der Waals surface area contributed by atoms with Gasteiger partial charge >= 0.3 is 0 Å². The molecule has 1 aromatic rings. The molecule has 1 aromatic carbocycles. The van der Waals surface area contributed by atoms with Crippen molar-refractivity contribution in [3.05, 3.63) is 35.9 Å². The molecule has 0 radical (unpaired) electrons. The van der Waals surface area contributed by atoms with Gasteiger partial charge in [0.25, 0.3) is 0 Å². The molecule has 1 aliphatic carbocycles. The fraction of sp³-hybridized carbons (Fsp3) is 0.684. The van der Waals surface area contributed by atoms with Gasteiger partial charge in [-0.3, -0.25) is 0 Å². The van der Waals surface area contributed by atoms with Gasteiger partial charge in [0.2, 0.25) is 0 Å². The van der Waals surface area contributed by atoms with Crippen LogP contribution in [0.25, 0.3) is 0 Å². The maximum atomic E-state index is 6.83. The van der Waals surface area contributed by atoms with Crippen LogP contribution in [-0.4, -0.2) is 6.04 Å². The van der Waals surface area contributed by atoms with E-state index in [4.69, 9.17) is 5.73 Å². The fourth-order valence-corrected chi connectivity index (χ4v) is 4.19. The van der Waals surface area contributed by atoms with Gasteiger partial charge in [0.05, 0.1) is 0 Å². The van der Waals surface area contributed by atoms with Gasteiger partial charge in [0.1, 0.15) is 0 Å². The van der Waals surface area contributed by atoms with Gasteiger partial charge in [0, 0.05) is 11.5 Å². The van der Waals surface area contributed by atoms with Crippen LogP contribution in [0.3, 0.4) is 0 Å². The number of rotatable bonds is 5. The van der Waals surface area contributed by atoms with Crippen LogP contribution in [0.15, 0.2) is 30.3 Å². The summed E-state index contributed by atoms with van der Waals surface area (Å²) in [6, 6.07) is 11.3. The van der Waals surface area contributed by atoms with Crippen molar-refractivity contribution in [2.24, 2.45) is 17.6 Å². The smallest absolute Gasteiger partial charge is 0.0165 e. The van der Waals surface area contributed by atoms with Gasteiger partial charge in [0.15, 0.2) is 0 Å². The first kappa shape index (κ1) is 15.6. The van der Waals surface area contributed by atoms with Gasteiger partial charge in [-0.15, -0.1) is 0 Å². The highest BCUT2D eigenvalue weighted by Crippen LogP contribution is 2.41. The van der Waals surface area contributed by atoms with Crippen LogP contribution in [0, 0.1) is 11.8 Å². The molecule has 1 atom stereocenters. The van der Waals surface area contributed by atoms with Crippen LogP contribution in [-0.2, 0) is 5.41 Å². The van der Waals surface area contributed by atoms with Crippen LogP contribution in [0.1, 0.15) is 64.9 Å². The van der Waals surface area contributed by atoms with E-state index in [1.807, 2.05) is 0 Å². The molecule has 0 spiro atoms. The summed E-state index contributed by atoms with van der Waals surface area (Å²) in [6.07, 6.45) is 7.63. The normalized spacial score (nSPS) is 25.4. The second kappa shape index (κ2) is 6.76. The molecule has 1 heteroatoms. The molecule has 1 aliphatic rings. The summed E-state index contributed by atoms with van der Waals surface area (Å²) < 4.78 is 0. The van der Waals surface area contributed by atoms with Crippen molar-refractivity contribution in [1.82, 2.24) is 0 Å². The Kier molecular flexibility index (Phi) is 5.26. The first-order valence-electron chi connectivity index (χ1n) is 8.45. The van der Waals surface area contributed by atoms with Crippen molar-refractivity contribution in [2.45, 2.75) is 70.8 Å². The zero-order valence-corrected chi connectivity index (χ0v) is 13.4. The number of benzene rings is 1. The second-order valence-corrected chi connectivity index (χ2v) is 6.78. The average molecular weight is 273 g/mol. The third-order valence-electron chi connectivity index (χ3n) is 5.82. The number of hydrogen-bond donors (Lipinski definition) is 1. The monoisotopic (exact) mass is 273 g/mol. The van der Waals surface area contributed by atoms with Gasteiger partial charge in [-0.2, -0.15) is 0 Å². The summed E-state index contributed by atoms with van der Waals surface area (Å²) in [7, 11) is 0. The molecule has 1 fully saturated rings. The third-order valence-corrected chi connectivity index (χ3v) is 5.82. The van der Waals surface area contributed by atoms with Gasteiger partial charge in [-0.05, 0) is 43.1 Å². The molecule has 0 amide bonds. The zero-order valence-electron chi connectivity index (χ0n) is 13.4. The molecule has 112 valence electrons. The Morgan fingerprint density at radius 1 is 1.05 bits per heavy atom. The Labute approximate surface area is 125 Å². The molecular weight excluding hydrogens is 242 g/mol. The highest BCUT2D eigenvalue weighted by atomic mass is 14.7. The van der Waals surface area contributed by atoms with E-state index in [9.17, 15) is 0 Å². The summed E-state index contributed by atoms with van der Waals surface area (Å²) in [5.41, 5.74) is 8.43. The molecule has 0 heterocycles. The van der Waals surface area contributed by atoms with Crippen molar-refractivity contribution < 1.29 is 0 Å². The fourth-order valence-electron chi connectivity index (χ4n) is 4.19. The van der Waals surface area contributed by atoms with Crippen LogP contribution < -0.4 is 5.73 Å². The van der Waals surface area contributed by atoms with Crippen LogP contribution in [0.5, 0.6) is 0 Å². The van der Waals surface area contributed by atoms with Crippen LogP contribution in [0.4, 0.5) is 0 Å². The minimum atomic E-state index is 0.159. The lowest BCUT2D eigenvalue weighted by atomic mass is 9.63. The lowest BCUT2D eigenvalue weighted by Crippen LogP contribution is -2.50. The summed E-state index contributed by atoms with van der Waals surface area (Å²) in [6.45, 7) is 7.00. The van der Waals surface area contributed by atoms with Crippen molar-refractivity contribution in [3.8, 4) is 0 Å². The highest BCUT2D eigenvalue weighted by molar-refractivity contribution is 5.28. The zero-order chi connectivity index (χ0) is 14.6. The minimum Gasteiger partial charge on any atom is -0.327 e. The van der Waals surface area contributed by atoms with Gasteiger partial charge < -0.3 is 5.73 Å². The molecule has 0 bridgehead atoms. The Bertz CT molecular complexity index is 385. The first-order valence-corrected chi connectivity index (χ1v) is 8.45. The highest BCUT2D eigenvalue weighted by Gasteiger charge is 2.40. The van der Waals surface area contributed by atoms with Crippen molar-refractivity contribution in [1.29, 1.82) is 0 Å². The SMILES string of the molecule is CCC(CC)(c1ccccc1)C(N)C1CCC(C)CC1.